The van der Waals surface area contributed by atoms with Gasteiger partial charge >= 0.3 is 6.18 Å². The van der Waals surface area contributed by atoms with Gasteiger partial charge in [-0.2, -0.15) is 18.3 Å². The lowest BCUT2D eigenvalue weighted by Crippen LogP contribution is -2.23. The third-order valence-corrected chi connectivity index (χ3v) is 2.59. The van der Waals surface area contributed by atoms with E-state index in [0.29, 0.717) is 6.07 Å². The number of carbonyl (C=O) groups is 1. The van der Waals surface area contributed by atoms with E-state index >= 15 is 0 Å². The second-order valence-electron chi connectivity index (χ2n) is 4.12. The average Bonchev–Trinajstić information content (AvgIpc) is 2.87. The number of aromatic hydroxyl groups is 1. The molecule has 2 rings (SSSR count). The first kappa shape index (κ1) is 14.8. The van der Waals surface area contributed by atoms with E-state index in [2.05, 4.69) is 10.4 Å². The van der Waals surface area contributed by atoms with Crippen molar-refractivity contribution < 1.29 is 27.5 Å². The Balaban J connectivity index is 2.03. The van der Waals surface area contributed by atoms with Crippen LogP contribution in [0.25, 0.3) is 0 Å². The Bertz CT molecular complexity index is 667. The van der Waals surface area contributed by atoms with E-state index in [0.717, 1.165) is 6.07 Å². The minimum Gasteiger partial charge on any atom is -0.508 e. The maximum Gasteiger partial charge on any atom is 0.432 e. The van der Waals surface area contributed by atoms with Crippen LogP contribution in [-0.4, -0.2) is 21.2 Å². The minimum absolute atomic E-state index is 0.0766. The fourth-order valence-corrected chi connectivity index (χ4v) is 1.53. The average molecular weight is 303 g/mol. The summed E-state index contributed by atoms with van der Waals surface area (Å²) in [4.78, 5) is 11.6. The number of hydrogen-bond donors (Lipinski definition) is 3. The number of phenols is 1. The highest BCUT2D eigenvalue weighted by atomic mass is 19.4. The van der Waals surface area contributed by atoms with Crippen molar-refractivity contribution >= 4 is 5.91 Å². The number of aromatic amines is 1. The molecule has 0 unspecified atom stereocenters. The van der Waals surface area contributed by atoms with Crippen molar-refractivity contribution in [3.8, 4) is 5.75 Å². The summed E-state index contributed by atoms with van der Waals surface area (Å²) in [5, 5.41) is 16.2. The summed E-state index contributed by atoms with van der Waals surface area (Å²) in [7, 11) is 0. The smallest absolute Gasteiger partial charge is 0.432 e. The van der Waals surface area contributed by atoms with E-state index in [-0.39, 0.29) is 17.9 Å². The zero-order chi connectivity index (χ0) is 15.6. The highest BCUT2D eigenvalue weighted by molar-refractivity contribution is 5.92. The number of amides is 1. The first-order chi connectivity index (χ1) is 9.77. The number of aromatic nitrogens is 2. The monoisotopic (exact) mass is 303 g/mol. The molecule has 0 radical (unpaired) electrons. The van der Waals surface area contributed by atoms with E-state index < -0.39 is 29.3 Å². The van der Waals surface area contributed by atoms with E-state index in [4.69, 9.17) is 5.11 Å². The maximum absolute atomic E-state index is 13.4. The van der Waals surface area contributed by atoms with Gasteiger partial charge in [0, 0.05) is 24.2 Å². The Kier molecular flexibility index (Phi) is 3.83. The number of alkyl halides is 3. The van der Waals surface area contributed by atoms with Crippen LogP contribution in [0, 0.1) is 5.82 Å². The van der Waals surface area contributed by atoms with Crippen LogP contribution in [-0.2, 0) is 12.7 Å². The molecule has 5 nitrogen and oxygen atoms in total. The largest absolute Gasteiger partial charge is 0.508 e. The fraction of sp³-hybridized carbons (Fsp3) is 0.167. The molecule has 1 heterocycles. The van der Waals surface area contributed by atoms with Crippen LogP contribution >= 0.6 is 0 Å². The van der Waals surface area contributed by atoms with Gasteiger partial charge in [-0.3, -0.25) is 9.89 Å². The molecule has 1 aromatic heterocycles. The quantitative estimate of drug-likeness (QED) is 0.761. The van der Waals surface area contributed by atoms with Crippen LogP contribution in [0.3, 0.4) is 0 Å². The number of halogens is 4. The van der Waals surface area contributed by atoms with Crippen LogP contribution in [0.2, 0.25) is 0 Å². The summed E-state index contributed by atoms with van der Waals surface area (Å²) < 4.78 is 50.4. The summed E-state index contributed by atoms with van der Waals surface area (Å²) in [6, 6.07) is 3.89. The molecular formula is C12H9F4N3O2. The molecule has 1 amide bonds. The third-order valence-electron chi connectivity index (χ3n) is 2.59. The number of nitrogens with one attached hydrogen (secondary N) is 2. The van der Waals surface area contributed by atoms with Gasteiger partial charge in [0.05, 0.1) is 0 Å². The molecule has 0 aliphatic rings. The normalized spacial score (nSPS) is 11.4. The molecule has 3 N–H and O–H groups in total. The first-order valence-corrected chi connectivity index (χ1v) is 5.65. The predicted octanol–water partition coefficient (Wildman–Crippen LogP) is 2.20. The van der Waals surface area contributed by atoms with Gasteiger partial charge in [-0.15, -0.1) is 0 Å². The van der Waals surface area contributed by atoms with Gasteiger partial charge in [0.25, 0.3) is 5.91 Å². The second-order valence-corrected chi connectivity index (χ2v) is 4.12. The molecule has 0 fully saturated rings. The molecule has 0 atom stereocenters. The van der Waals surface area contributed by atoms with E-state index in [1.165, 1.54) is 12.1 Å². The molecule has 0 saturated carbocycles. The van der Waals surface area contributed by atoms with Gasteiger partial charge < -0.3 is 10.4 Å². The topological polar surface area (TPSA) is 78.0 Å². The van der Waals surface area contributed by atoms with Gasteiger partial charge in [-0.05, 0) is 6.07 Å². The van der Waals surface area contributed by atoms with Crippen molar-refractivity contribution in [2.24, 2.45) is 0 Å². The highest BCUT2D eigenvalue weighted by Gasteiger charge is 2.33. The van der Waals surface area contributed by atoms with Crippen LogP contribution in [0.15, 0.2) is 24.3 Å². The molecule has 9 heteroatoms. The van der Waals surface area contributed by atoms with Crippen LogP contribution in [0.5, 0.6) is 5.75 Å². The van der Waals surface area contributed by atoms with E-state index in [1.807, 2.05) is 0 Å². The number of nitrogens with zero attached hydrogens (tertiary/aromatic N) is 1. The van der Waals surface area contributed by atoms with E-state index in [1.54, 1.807) is 5.10 Å². The number of rotatable bonds is 3. The first-order valence-electron chi connectivity index (χ1n) is 5.65. The molecule has 0 aliphatic carbocycles. The zero-order valence-electron chi connectivity index (χ0n) is 10.3. The van der Waals surface area contributed by atoms with Crippen molar-refractivity contribution in [1.29, 1.82) is 0 Å². The molecule has 0 aliphatic heterocycles. The van der Waals surface area contributed by atoms with Crippen molar-refractivity contribution in [2.45, 2.75) is 12.7 Å². The molecule has 1 aromatic carbocycles. The number of carbonyl (C=O) groups excluding carboxylic acids is 1. The lowest BCUT2D eigenvalue weighted by Gasteiger charge is -2.05. The minimum atomic E-state index is -4.63. The highest BCUT2D eigenvalue weighted by Crippen LogP contribution is 2.27. The molecule has 112 valence electrons. The van der Waals surface area contributed by atoms with Gasteiger partial charge in [-0.1, -0.05) is 6.07 Å². The maximum atomic E-state index is 13.4. The Hall–Kier alpha value is -2.58. The van der Waals surface area contributed by atoms with Crippen molar-refractivity contribution in [1.82, 2.24) is 15.5 Å². The van der Waals surface area contributed by atoms with Crippen molar-refractivity contribution in [3.63, 3.8) is 0 Å². The van der Waals surface area contributed by atoms with Crippen LogP contribution in [0.1, 0.15) is 21.7 Å². The predicted molar refractivity (Wildman–Crippen MR) is 62.8 cm³/mol. The molecule has 21 heavy (non-hydrogen) atoms. The number of benzene rings is 1. The summed E-state index contributed by atoms with van der Waals surface area (Å²) in [5.41, 5.74) is -1.53. The Morgan fingerprint density at radius 3 is 2.62 bits per heavy atom. The van der Waals surface area contributed by atoms with Crippen molar-refractivity contribution in [2.75, 3.05) is 0 Å². The second kappa shape index (κ2) is 5.43. The molecule has 0 bridgehead atoms. The fourth-order valence-electron chi connectivity index (χ4n) is 1.53. The number of hydrogen-bond acceptors (Lipinski definition) is 3. The van der Waals surface area contributed by atoms with Gasteiger partial charge in [0.2, 0.25) is 0 Å². The van der Waals surface area contributed by atoms with Gasteiger partial charge in [0.15, 0.2) is 5.69 Å². The third kappa shape index (κ3) is 3.50. The number of H-pyrrole nitrogens is 1. The van der Waals surface area contributed by atoms with E-state index in [9.17, 15) is 22.4 Å². The van der Waals surface area contributed by atoms with Crippen LogP contribution < -0.4 is 5.32 Å². The molecule has 0 saturated heterocycles. The zero-order valence-corrected chi connectivity index (χ0v) is 10.3. The molecule has 2 aromatic rings. The number of phenolic OH excluding ortho intramolecular Hbond substituents is 1. The van der Waals surface area contributed by atoms with Crippen molar-refractivity contribution in [3.05, 3.63) is 47.0 Å². The summed E-state index contributed by atoms with van der Waals surface area (Å²) in [6.07, 6.45) is -4.63. The van der Waals surface area contributed by atoms with Crippen LogP contribution in [0.4, 0.5) is 17.6 Å². The summed E-state index contributed by atoms with van der Waals surface area (Å²) >= 11 is 0. The lowest BCUT2D eigenvalue weighted by molar-refractivity contribution is -0.141. The Morgan fingerprint density at radius 2 is 2.05 bits per heavy atom. The summed E-state index contributed by atoms with van der Waals surface area (Å²) in [5.74, 6) is -1.90. The van der Waals surface area contributed by atoms with Gasteiger partial charge in [0.1, 0.15) is 17.3 Å². The van der Waals surface area contributed by atoms with Gasteiger partial charge in [-0.25, -0.2) is 4.39 Å². The SMILES string of the molecule is O=C(NCc1ccc(O)cc1F)c1cc(C(F)(F)F)[nH]n1. The summed E-state index contributed by atoms with van der Waals surface area (Å²) in [6.45, 7) is -0.251. The Morgan fingerprint density at radius 1 is 1.33 bits per heavy atom. The molecule has 0 spiro atoms. The lowest BCUT2D eigenvalue weighted by atomic mass is 10.2. The molecular weight excluding hydrogens is 294 g/mol. The standard InChI is InChI=1S/C12H9F4N3O2/c13-8-3-7(20)2-1-6(8)5-17-11(21)9-4-10(19-18-9)12(14,15)16/h1-4,20H,5H2,(H,17,21)(H,18,19). The Labute approximate surface area is 115 Å².